The quantitative estimate of drug-likeness (QED) is 0.812. The average molecular weight is 204 g/mol. The number of anilines is 1. The van der Waals surface area contributed by atoms with Crippen LogP contribution in [0, 0.1) is 0 Å². The minimum absolute atomic E-state index is 1.03. The molecule has 0 unspecified atom stereocenters. The fourth-order valence-corrected chi connectivity index (χ4v) is 2.33. The first-order chi connectivity index (χ1) is 7.33. The Balaban J connectivity index is 2.30. The minimum atomic E-state index is 1.03. The monoisotopic (exact) mass is 204 g/mol. The highest BCUT2D eigenvalue weighted by Gasteiger charge is 2.13. The summed E-state index contributed by atoms with van der Waals surface area (Å²) >= 11 is 0. The van der Waals surface area contributed by atoms with Crippen LogP contribution in [0.3, 0.4) is 0 Å². The third kappa shape index (κ3) is 2.15. The van der Waals surface area contributed by atoms with Gasteiger partial charge in [0.15, 0.2) is 0 Å². The van der Waals surface area contributed by atoms with Gasteiger partial charge in [-0.2, -0.15) is 0 Å². The molecule has 1 aromatic carbocycles. The zero-order chi connectivity index (χ0) is 10.7. The molecule has 0 bridgehead atoms. The molecule has 0 spiro atoms. The van der Waals surface area contributed by atoms with Crippen molar-refractivity contribution in [3.05, 3.63) is 29.3 Å². The van der Waals surface area contributed by atoms with E-state index in [1.165, 1.54) is 24.1 Å². The lowest BCUT2D eigenvalue weighted by Gasteiger charge is -2.26. The topological polar surface area (TPSA) is 15.3 Å². The van der Waals surface area contributed by atoms with Gasteiger partial charge in [-0.25, -0.2) is 0 Å². The zero-order valence-corrected chi connectivity index (χ0v) is 9.71. The van der Waals surface area contributed by atoms with Gasteiger partial charge >= 0.3 is 0 Å². The molecule has 1 aliphatic heterocycles. The molecule has 0 saturated heterocycles. The van der Waals surface area contributed by atoms with Crippen molar-refractivity contribution in [1.82, 2.24) is 5.32 Å². The van der Waals surface area contributed by atoms with Crippen molar-refractivity contribution in [3.63, 3.8) is 0 Å². The van der Waals surface area contributed by atoms with Crippen LogP contribution < -0.4 is 10.2 Å². The number of benzene rings is 1. The molecule has 82 valence electrons. The minimum Gasteiger partial charge on any atom is -0.374 e. The highest BCUT2D eigenvalue weighted by atomic mass is 15.1. The Kier molecular flexibility index (Phi) is 3.27. The van der Waals surface area contributed by atoms with Crippen molar-refractivity contribution in [2.24, 2.45) is 0 Å². The summed E-state index contributed by atoms with van der Waals surface area (Å²) in [4.78, 5) is 2.38. The summed E-state index contributed by atoms with van der Waals surface area (Å²) < 4.78 is 0. The van der Waals surface area contributed by atoms with Crippen LogP contribution in [0.4, 0.5) is 5.69 Å². The van der Waals surface area contributed by atoms with Crippen LogP contribution in [-0.4, -0.2) is 20.1 Å². The third-order valence-electron chi connectivity index (χ3n) is 3.09. The van der Waals surface area contributed by atoms with E-state index < -0.39 is 0 Å². The molecular formula is C13H20N2. The summed E-state index contributed by atoms with van der Waals surface area (Å²) in [6.45, 7) is 5.52. The number of rotatable bonds is 3. The second kappa shape index (κ2) is 4.67. The van der Waals surface area contributed by atoms with Gasteiger partial charge in [0.05, 0.1) is 0 Å². The van der Waals surface area contributed by atoms with Gasteiger partial charge in [0.1, 0.15) is 0 Å². The van der Waals surface area contributed by atoms with E-state index in [4.69, 9.17) is 0 Å². The summed E-state index contributed by atoms with van der Waals surface area (Å²) in [6.07, 6.45) is 2.37. The Bertz CT molecular complexity index is 333. The second-order valence-electron chi connectivity index (χ2n) is 4.26. The van der Waals surface area contributed by atoms with Crippen molar-refractivity contribution in [3.8, 4) is 0 Å². The molecule has 0 fully saturated rings. The Labute approximate surface area is 92.3 Å². The molecule has 15 heavy (non-hydrogen) atoms. The predicted octanol–water partition coefficient (Wildman–Crippen LogP) is 2.18. The van der Waals surface area contributed by atoms with Gasteiger partial charge in [-0.05, 0) is 36.6 Å². The van der Waals surface area contributed by atoms with Gasteiger partial charge in [-0.3, -0.25) is 0 Å². The van der Waals surface area contributed by atoms with Gasteiger partial charge in [0.2, 0.25) is 0 Å². The molecule has 0 aromatic heterocycles. The zero-order valence-electron chi connectivity index (χ0n) is 9.71. The SMILES string of the molecule is CCCN(C)c1cccc2c1CCNC2. The molecule has 1 N–H and O–H groups in total. The molecule has 2 rings (SSSR count). The number of nitrogens with one attached hydrogen (secondary N) is 1. The normalized spacial score (nSPS) is 14.8. The van der Waals surface area contributed by atoms with Crippen molar-refractivity contribution in [1.29, 1.82) is 0 Å². The second-order valence-corrected chi connectivity index (χ2v) is 4.26. The Morgan fingerprint density at radius 2 is 2.27 bits per heavy atom. The van der Waals surface area contributed by atoms with Crippen molar-refractivity contribution in [2.45, 2.75) is 26.3 Å². The van der Waals surface area contributed by atoms with E-state index in [1.807, 2.05) is 0 Å². The van der Waals surface area contributed by atoms with E-state index in [0.717, 1.165) is 19.6 Å². The molecule has 0 amide bonds. The van der Waals surface area contributed by atoms with Gasteiger partial charge < -0.3 is 10.2 Å². The third-order valence-corrected chi connectivity index (χ3v) is 3.09. The first-order valence-electron chi connectivity index (χ1n) is 5.85. The summed E-state index contributed by atoms with van der Waals surface area (Å²) in [5.74, 6) is 0. The lowest BCUT2D eigenvalue weighted by molar-refractivity contribution is 0.642. The molecule has 0 atom stereocenters. The van der Waals surface area contributed by atoms with Crippen molar-refractivity contribution < 1.29 is 0 Å². The van der Waals surface area contributed by atoms with E-state index in [-0.39, 0.29) is 0 Å². The summed E-state index contributed by atoms with van der Waals surface area (Å²) in [7, 11) is 2.20. The van der Waals surface area contributed by atoms with Crippen LogP contribution >= 0.6 is 0 Å². The number of fused-ring (bicyclic) bond motifs is 1. The van der Waals surface area contributed by atoms with Crippen LogP contribution in [0.25, 0.3) is 0 Å². The van der Waals surface area contributed by atoms with Gasteiger partial charge in [-0.1, -0.05) is 19.1 Å². The highest BCUT2D eigenvalue weighted by Crippen LogP contribution is 2.25. The van der Waals surface area contributed by atoms with E-state index in [9.17, 15) is 0 Å². The molecule has 2 nitrogen and oxygen atoms in total. The average Bonchev–Trinajstić information content (AvgIpc) is 2.28. The largest absolute Gasteiger partial charge is 0.374 e. The number of hydrogen-bond donors (Lipinski definition) is 1. The van der Waals surface area contributed by atoms with Gasteiger partial charge in [0.25, 0.3) is 0 Å². The van der Waals surface area contributed by atoms with Crippen LogP contribution in [0.2, 0.25) is 0 Å². The molecule has 0 aliphatic carbocycles. The Hall–Kier alpha value is -1.02. The number of hydrogen-bond acceptors (Lipinski definition) is 2. The molecule has 2 heteroatoms. The first-order valence-corrected chi connectivity index (χ1v) is 5.85. The van der Waals surface area contributed by atoms with Crippen LogP contribution in [-0.2, 0) is 13.0 Å². The lowest BCUT2D eigenvalue weighted by Crippen LogP contribution is -2.27. The van der Waals surface area contributed by atoms with E-state index in [0.29, 0.717) is 0 Å². The molecule has 1 aromatic rings. The maximum atomic E-state index is 3.42. The molecular weight excluding hydrogens is 184 g/mol. The fourth-order valence-electron chi connectivity index (χ4n) is 2.33. The first kappa shape index (κ1) is 10.5. The van der Waals surface area contributed by atoms with Crippen molar-refractivity contribution in [2.75, 3.05) is 25.0 Å². The summed E-state index contributed by atoms with van der Waals surface area (Å²) in [6, 6.07) is 6.66. The summed E-state index contributed by atoms with van der Waals surface area (Å²) in [5.41, 5.74) is 4.45. The standard InChI is InChI=1S/C13H20N2/c1-3-9-15(2)13-6-4-5-11-10-14-8-7-12(11)13/h4-6,14H,3,7-10H2,1-2H3. The lowest BCUT2D eigenvalue weighted by atomic mass is 9.98. The maximum absolute atomic E-state index is 3.42. The van der Waals surface area contributed by atoms with Crippen LogP contribution in [0.5, 0.6) is 0 Å². The van der Waals surface area contributed by atoms with Gasteiger partial charge in [-0.15, -0.1) is 0 Å². The van der Waals surface area contributed by atoms with Crippen LogP contribution in [0.15, 0.2) is 18.2 Å². The molecule has 0 saturated carbocycles. The Morgan fingerprint density at radius 3 is 3.07 bits per heavy atom. The maximum Gasteiger partial charge on any atom is 0.0399 e. The van der Waals surface area contributed by atoms with Crippen molar-refractivity contribution >= 4 is 5.69 Å². The van der Waals surface area contributed by atoms with E-state index in [2.05, 4.69) is 42.4 Å². The predicted molar refractivity (Wildman–Crippen MR) is 65.4 cm³/mol. The highest BCUT2D eigenvalue weighted by molar-refractivity contribution is 5.57. The van der Waals surface area contributed by atoms with Gasteiger partial charge in [0, 0.05) is 25.8 Å². The Morgan fingerprint density at radius 1 is 1.40 bits per heavy atom. The molecule has 1 aliphatic rings. The number of nitrogens with zero attached hydrogens (tertiary/aromatic N) is 1. The smallest absolute Gasteiger partial charge is 0.0399 e. The molecule has 0 radical (unpaired) electrons. The van der Waals surface area contributed by atoms with E-state index in [1.54, 1.807) is 5.56 Å². The molecule has 1 heterocycles. The van der Waals surface area contributed by atoms with Crippen LogP contribution in [0.1, 0.15) is 24.5 Å². The van der Waals surface area contributed by atoms with E-state index >= 15 is 0 Å². The summed E-state index contributed by atoms with van der Waals surface area (Å²) in [5, 5.41) is 3.42. The fraction of sp³-hybridized carbons (Fsp3) is 0.538.